The number of carbonyl (C=O) groups excluding carboxylic acids is 5. The topological polar surface area (TPSA) is 313 Å². The number of rotatable bonds is 29. The number of nitrogens with zero attached hydrogens (tertiary/aromatic N) is 6. The lowest BCUT2D eigenvalue weighted by Gasteiger charge is -2.37. The average molecular weight is 1050 g/mol. The SMILES string of the molecule is CCN1CCN(CC(=O)O)CCN(CC(=O)O)CC(Cc2ccc(C(=O)NC(Cc3ccccc3)C(=O)CCC(=O)NC(CCCCN3C(=O)CC(SCCCC(N)=NC)C3=O)C(=O)O)cc2)N(CC(=O)O)CC1. The molecule has 2 heterocycles. The third kappa shape index (κ3) is 21.3. The number of benzene rings is 2. The van der Waals surface area contributed by atoms with Crippen molar-refractivity contribution in [1.29, 1.82) is 0 Å². The van der Waals surface area contributed by atoms with Gasteiger partial charge in [-0.3, -0.25) is 62.9 Å². The molecule has 22 nitrogen and oxygen atoms in total. The maximum Gasteiger partial charge on any atom is 0.326 e. The predicted octanol–water partition coefficient (Wildman–Crippen LogP) is 1.15. The highest BCUT2D eigenvalue weighted by Gasteiger charge is 2.38. The minimum absolute atomic E-state index is 0.0203. The van der Waals surface area contributed by atoms with E-state index in [4.69, 9.17) is 5.73 Å². The summed E-state index contributed by atoms with van der Waals surface area (Å²) in [6.45, 7) is 4.32. The molecule has 2 aromatic rings. The van der Waals surface area contributed by atoms with Crippen LogP contribution in [-0.4, -0.2) is 219 Å². The second kappa shape index (κ2) is 31.5. The van der Waals surface area contributed by atoms with Gasteiger partial charge in [0.2, 0.25) is 17.7 Å². The van der Waals surface area contributed by atoms with Crippen molar-refractivity contribution in [1.82, 2.24) is 35.1 Å². The van der Waals surface area contributed by atoms with E-state index in [1.807, 2.05) is 11.8 Å². The third-order valence-corrected chi connectivity index (χ3v) is 14.4. The van der Waals surface area contributed by atoms with Gasteiger partial charge in [0.1, 0.15) is 6.04 Å². The Bertz CT molecular complexity index is 2250. The van der Waals surface area contributed by atoms with Crippen molar-refractivity contribution in [2.45, 2.75) is 94.5 Å². The number of imide groups is 1. The van der Waals surface area contributed by atoms with Gasteiger partial charge in [0.15, 0.2) is 5.78 Å². The molecule has 0 bridgehead atoms. The highest BCUT2D eigenvalue weighted by Crippen LogP contribution is 2.26. The number of Topliss-reactive ketones (excluding diaryl/α,β-unsaturated/α-hetero) is 1. The van der Waals surface area contributed by atoms with Crippen LogP contribution < -0.4 is 16.4 Å². The summed E-state index contributed by atoms with van der Waals surface area (Å²) in [6.07, 6.45) is 1.76. The minimum Gasteiger partial charge on any atom is -0.480 e. The Morgan fingerprint density at radius 2 is 1.36 bits per heavy atom. The normalized spacial score (nSPS) is 18.7. The number of thioether (sulfide) groups is 1. The number of carboxylic acids is 4. The first-order valence-corrected chi connectivity index (χ1v) is 26.1. The number of carboxylic acid groups (broad SMARTS) is 4. The van der Waals surface area contributed by atoms with Crippen molar-refractivity contribution >= 4 is 70.9 Å². The predicted molar refractivity (Wildman–Crippen MR) is 277 cm³/mol. The van der Waals surface area contributed by atoms with E-state index in [1.165, 1.54) is 16.7 Å². The monoisotopic (exact) mass is 1050 g/mol. The van der Waals surface area contributed by atoms with Crippen LogP contribution in [0, 0.1) is 0 Å². The average Bonchev–Trinajstić information content (AvgIpc) is 3.63. The minimum atomic E-state index is -1.28. The molecular weight excluding hydrogens is 979 g/mol. The molecule has 4 unspecified atom stereocenters. The quantitative estimate of drug-likeness (QED) is 0.0260. The Balaban J connectivity index is 1.38. The molecular formula is C51H73N9O13S. The van der Waals surface area contributed by atoms with Gasteiger partial charge in [0, 0.05) is 96.7 Å². The first kappa shape index (κ1) is 60.3. The molecule has 4 amide bonds. The van der Waals surface area contributed by atoms with E-state index in [9.17, 15) is 63.6 Å². The van der Waals surface area contributed by atoms with Gasteiger partial charge in [0.05, 0.1) is 36.8 Å². The number of nitrogens with two attached hydrogens (primary N) is 1. The van der Waals surface area contributed by atoms with Gasteiger partial charge in [-0.05, 0) is 74.1 Å². The number of likely N-dealkylation sites (tertiary alicyclic amines) is 1. The van der Waals surface area contributed by atoms with E-state index in [0.717, 1.165) is 11.1 Å². The molecule has 8 N–H and O–H groups in total. The number of amides is 4. The fourth-order valence-corrected chi connectivity index (χ4v) is 10.0. The second-order valence-electron chi connectivity index (χ2n) is 18.6. The first-order chi connectivity index (χ1) is 35.3. The molecule has 74 heavy (non-hydrogen) atoms. The van der Waals surface area contributed by atoms with E-state index in [2.05, 4.69) is 20.5 Å². The number of nitrogens with one attached hydrogen (secondary N) is 2. The van der Waals surface area contributed by atoms with Crippen molar-refractivity contribution in [3.05, 3.63) is 71.3 Å². The zero-order chi connectivity index (χ0) is 54.2. The fraction of sp³-hybridized carbons (Fsp3) is 0.569. The first-order valence-electron chi connectivity index (χ1n) is 25.1. The molecule has 2 aliphatic heterocycles. The summed E-state index contributed by atoms with van der Waals surface area (Å²) in [5.74, 6) is -5.55. The number of likely N-dealkylation sites (N-methyl/N-ethyl adjacent to an activating group) is 1. The van der Waals surface area contributed by atoms with Gasteiger partial charge in [-0.25, -0.2) is 4.79 Å². The van der Waals surface area contributed by atoms with Crippen molar-refractivity contribution in [2.24, 2.45) is 10.7 Å². The van der Waals surface area contributed by atoms with Crippen molar-refractivity contribution in [2.75, 3.05) is 91.3 Å². The van der Waals surface area contributed by atoms with Crippen LogP contribution in [-0.2, 0) is 51.2 Å². The van der Waals surface area contributed by atoms with Crippen LogP contribution in [0.5, 0.6) is 0 Å². The number of hydrogen-bond donors (Lipinski definition) is 7. The van der Waals surface area contributed by atoms with Crippen molar-refractivity contribution in [3.8, 4) is 0 Å². The van der Waals surface area contributed by atoms with E-state index >= 15 is 0 Å². The molecule has 2 aliphatic rings. The van der Waals surface area contributed by atoms with E-state index in [-0.39, 0.29) is 108 Å². The van der Waals surface area contributed by atoms with Crippen LogP contribution in [0.2, 0.25) is 0 Å². The Morgan fingerprint density at radius 1 is 0.730 bits per heavy atom. The molecule has 4 rings (SSSR count). The maximum absolute atomic E-state index is 13.8. The van der Waals surface area contributed by atoms with Crippen LogP contribution in [0.3, 0.4) is 0 Å². The number of hydrogen-bond acceptors (Lipinski definition) is 15. The number of amidine groups is 1. The molecule has 4 atom stereocenters. The van der Waals surface area contributed by atoms with Crippen molar-refractivity contribution in [3.63, 3.8) is 0 Å². The second-order valence-corrected chi connectivity index (χ2v) is 19.9. The molecule has 2 fully saturated rings. The molecule has 0 saturated carbocycles. The van der Waals surface area contributed by atoms with Gasteiger partial charge < -0.3 is 41.7 Å². The smallest absolute Gasteiger partial charge is 0.326 e. The lowest BCUT2D eigenvalue weighted by atomic mass is 9.98. The van der Waals surface area contributed by atoms with Gasteiger partial charge in [0.25, 0.3) is 5.91 Å². The van der Waals surface area contributed by atoms with Crippen LogP contribution >= 0.6 is 11.8 Å². The van der Waals surface area contributed by atoms with Crippen LogP contribution in [0.1, 0.15) is 79.8 Å². The summed E-state index contributed by atoms with van der Waals surface area (Å²) in [4.78, 5) is 127. The van der Waals surface area contributed by atoms with Crippen LogP contribution in [0.4, 0.5) is 0 Å². The van der Waals surface area contributed by atoms with E-state index < -0.39 is 64.9 Å². The zero-order valence-electron chi connectivity index (χ0n) is 42.4. The highest BCUT2D eigenvalue weighted by atomic mass is 32.2. The molecule has 2 saturated heterocycles. The maximum atomic E-state index is 13.8. The number of aliphatic carboxylic acids is 4. The highest BCUT2D eigenvalue weighted by molar-refractivity contribution is 8.00. The summed E-state index contributed by atoms with van der Waals surface area (Å²) >= 11 is 1.40. The van der Waals surface area contributed by atoms with Gasteiger partial charge >= 0.3 is 23.9 Å². The van der Waals surface area contributed by atoms with Gasteiger partial charge in [-0.15, -0.1) is 11.8 Å². The molecule has 0 radical (unpaired) electrons. The Kier molecular flexibility index (Phi) is 25.6. The summed E-state index contributed by atoms with van der Waals surface area (Å²) in [5, 5.41) is 44.0. The van der Waals surface area contributed by atoms with Gasteiger partial charge in [-0.1, -0.05) is 49.4 Å². The summed E-state index contributed by atoms with van der Waals surface area (Å²) in [6, 6.07) is 12.7. The van der Waals surface area contributed by atoms with Gasteiger partial charge in [-0.2, -0.15) is 0 Å². The van der Waals surface area contributed by atoms with E-state index in [1.54, 1.807) is 71.4 Å². The molecule has 2 aromatic carbocycles. The molecule has 23 heteroatoms. The standard InChI is InChI=1S/C51H73N9O13S/c1-3-56-21-22-57(32-46(64)65)23-24-58(33-47(66)67)31-38(59(26-25-56)34-48(68)69)28-36-14-16-37(17-15-36)49(70)55-40(29-35-10-5-4-6-11-35)41(61)18-19-44(62)54-39(51(72)73)12-7-8-20-60-45(63)30-42(50(60)71)74-27-9-13-43(52)53-2/h4-6,10-11,14-17,38-40,42H,3,7-9,12-13,18-34H2,1-2H3,(H2,52,53)(H,54,62)(H,55,70)(H,64,65)(H,66,67)(H,68,69)(H,72,73). The number of aliphatic imine (C=N–C) groups is 1. The fourth-order valence-electron chi connectivity index (χ4n) is 8.89. The lowest BCUT2D eigenvalue weighted by molar-refractivity contribution is -0.142. The summed E-state index contributed by atoms with van der Waals surface area (Å²) < 4.78 is 0. The zero-order valence-corrected chi connectivity index (χ0v) is 43.2. The Hall–Kier alpha value is -6.27. The molecule has 0 aliphatic carbocycles. The van der Waals surface area contributed by atoms with E-state index in [0.29, 0.717) is 63.6 Å². The van der Waals surface area contributed by atoms with Crippen LogP contribution in [0.15, 0.2) is 59.6 Å². The number of ketones is 1. The lowest BCUT2D eigenvalue weighted by Crippen LogP contribution is -2.53. The third-order valence-electron chi connectivity index (χ3n) is 13.1. The van der Waals surface area contributed by atoms with Crippen molar-refractivity contribution < 1.29 is 63.6 Å². The molecule has 406 valence electrons. The largest absolute Gasteiger partial charge is 0.480 e. The molecule has 0 aromatic heterocycles. The number of unbranched alkanes of at least 4 members (excludes halogenated alkanes) is 1. The Morgan fingerprint density at radius 3 is 2.00 bits per heavy atom. The summed E-state index contributed by atoms with van der Waals surface area (Å²) in [7, 11) is 1.61. The molecule has 0 spiro atoms. The number of carbonyl (C=O) groups is 9. The Labute approximate surface area is 436 Å². The summed E-state index contributed by atoms with van der Waals surface area (Å²) in [5.41, 5.74) is 7.41. The van der Waals surface area contributed by atoms with Crippen LogP contribution in [0.25, 0.3) is 0 Å².